The third-order valence-corrected chi connectivity index (χ3v) is 5.64. The van der Waals surface area contributed by atoms with E-state index in [1.807, 2.05) is 48.2 Å². The summed E-state index contributed by atoms with van der Waals surface area (Å²) in [7, 11) is 3.51. The fourth-order valence-electron chi connectivity index (χ4n) is 3.87. The molecule has 0 saturated carbocycles. The van der Waals surface area contributed by atoms with Crippen LogP contribution in [0.3, 0.4) is 0 Å². The Morgan fingerprint density at radius 3 is 2.38 bits per heavy atom. The molecule has 1 aliphatic heterocycles. The van der Waals surface area contributed by atoms with Crippen molar-refractivity contribution in [3.05, 3.63) is 70.8 Å². The molecule has 2 aromatic carbocycles. The summed E-state index contributed by atoms with van der Waals surface area (Å²) in [5.41, 5.74) is 4.30. The van der Waals surface area contributed by atoms with E-state index >= 15 is 0 Å². The summed E-state index contributed by atoms with van der Waals surface area (Å²) in [5.74, 6) is 0.942. The number of fused-ring (bicyclic) bond motifs is 1. The highest BCUT2D eigenvalue weighted by atomic mass is 127. The number of guanidine groups is 1. The molecule has 0 aliphatic carbocycles. The van der Waals surface area contributed by atoms with Gasteiger partial charge in [0.15, 0.2) is 5.96 Å². The topological polar surface area (TPSA) is 77.0 Å². The van der Waals surface area contributed by atoms with Crippen molar-refractivity contribution in [3.8, 4) is 0 Å². The number of hydrogen-bond donors (Lipinski definition) is 2. The predicted molar refractivity (Wildman–Crippen MR) is 147 cm³/mol. The minimum atomic E-state index is 0. The normalized spacial score (nSPS) is 12.6. The summed E-state index contributed by atoms with van der Waals surface area (Å²) in [6.45, 7) is 5.52. The number of carbonyl (C=O) groups excluding carboxylic acids is 2. The summed E-state index contributed by atoms with van der Waals surface area (Å²) in [6, 6.07) is 16.0. The van der Waals surface area contributed by atoms with Crippen LogP contribution in [0.4, 0.5) is 0 Å². The zero-order chi connectivity index (χ0) is 23.6. The molecular formula is C26H36IN5O2. The molecule has 3 rings (SSSR count). The van der Waals surface area contributed by atoms with E-state index in [-0.39, 0.29) is 35.8 Å². The number of carbonyl (C=O) groups is 2. The van der Waals surface area contributed by atoms with Crippen molar-refractivity contribution in [1.29, 1.82) is 0 Å². The van der Waals surface area contributed by atoms with E-state index in [9.17, 15) is 9.59 Å². The Kier molecular flexibility index (Phi) is 11.3. The first kappa shape index (κ1) is 27.6. The number of amides is 2. The molecule has 2 aromatic rings. The monoisotopic (exact) mass is 577 g/mol. The first-order valence-electron chi connectivity index (χ1n) is 11.6. The van der Waals surface area contributed by atoms with Crippen LogP contribution in [0.2, 0.25) is 0 Å². The van der Waals surface area contributed by atoms with Crippen molar-refractivity contribution in [1.82, 2.24) is 20.4 Å². The van der Waals surface area contributed by atoms with E-state index in [1.165, 1.54) is 11.1 Å². The van der Waals surface area contributed by atoms with Gasteiger partial charge in [-0.15, -0.1) is 24.0 Å². The SMILES string of the molecule is CCNC(=NCCCC(=O)N1Cc2ccccc2C1)NCCc1cccc(C(=O)N(C)C)c1.I. The molecule has 0 saturated heterocycles. The van der Waals surface area contributed by atoms with Gasteiger partial charge in [-0.05, 0) is 48.6 Å². The number of hydrogen-bond acceptors (Lipinski definition) is 3. The van der Waals surface area contributed by atoms with Crippen LogP contribution in [0, 0.1) is 0 Å². The van der Waals surface area contributed by atoms with Gasteiger partial charge in [0.1, 0.15) is 0 Å². The van der Waals surface area contributed by atoms with Crippen molar-refractivity contribution in [3.63, 3.8) is 0 Å². The van der Waals surface area contributed by atoms with Gasteiger partial charge in [-0.25, -0.2) is 0 Å². The van der Waals surface area contributed by atoms with Gasteiger partial charge in [0.05, 0.1) is 0 Å². The van der Waals surface area contributed by atoms with Crippen LogP contribution in [-0.4, -0.2) is 61.3 Å². The van der Waals surface area contributed by atoms with Gasteiger partial charge in [0, 0.05) is 58.8 Å². The fraction of sp³-hybridized carbons (Fsp3) is 0.423. The fourth-order valence-corrected chi connectivity index (χ4v) is 3.87. The zero-order valence-corrected chi connectivity index (χ0v) is 22.7. The van der Waals surface area contributed by atoms with Crippen LogP contribution in [-0.2, 0) is 24.3 Å². The molecule has 0 fully saturated rings. The van der Waals surface area contributed by atoms with Crippen molar-refractivity contribution < 1.29 is 9.59 Å². The highest BCUT2D eigenvalue weighted by molar-refractivity contribution is 14.0. The first-order valence-corrected chi connectivity index (χ1v) is 11.6. The summed E-state index contributed by atoms with van der Waals surface area (Å²) >= 11 is 0. The van der Waals surface area contributed by atoms with Crippen LogP contribution in [0.25, 0.3) is 0 Å². The van der Waals surface area contributed by atoms with Crippen LogP contribution >= 0.6 is 24.0 Å². The molecule has 8 heteroatoms. The number of rotatable bonds is 9. The molecule has 0 atom stereocenters. The van der Waals surface area contributed by atoms with Gasteiger partial charge in [-0.2, -0.15) is 0 Å². The third-order valence-electron chi connectivity index (χ3n) is 5.64. The molecule has 2 amide bonds. The molecule has 0 aromatic heterocycles. The van der Waals surface area contributed by atoms with E-state index in [0.29, 0.717) is 38.2 Å². The zero-order valence-electron chi connectivity index (χ0n) is 20.3. The molecule has 0 radical (unpaired) electrons. The van der Waals surface area contributed by atoms with Crippen molar-refractivity contribution in [2.75, 3.05) is 33.7 Å². The van der Waals surface area contributed by atoms with Gasteiger partial charge < -0.3 is 20.4 Å². The van der Waals surface area contributed by atoms with Gasteiger partial charge in [0.2, 0.25) is 5.91 Å². The minimum absolute atomic E-state index is 0. The Bertz CT molecular complexity index is 968. The van der Waals surface area contributed by atoms with E-state index in [4.69, 9.17) is 0 Å². The largest absolute Gasteiger partial charge is 0.357 e. The summed E-state index contributed by atoms with van der Waals surface area (Å²) in [4.78, 5) is 32.8. The summed E-state index contributed by atoms with van der Waals surface area (Å²) in [6.07, 6.45) is 2.01. The van der Waals surface area contributed by atoms with E-state index in [1.54, 1.807) is 19.0 Å². The number of halogens is 1. The average molecular weight is 578 g/mol. The van der Waals surface area contributed by atoms with E-state index in [0.717, 1.165) is 30.9 Å². The molecule has 2 N–H and O–H groups in total. The lowest BCUT2D eigenvalue weighted by atomic mass is 10.1. The lowest BCUT2D eigenvalue weighted by Gasteiger charge is -2.15. The second kappa shape index (κ2) is 13.9. The maximum atomic E-state index is 12.5. The van der Waals surface area contributed by atoms with Crippen LogP contribution in [0.1, 0.15) is 46.8 Å². The number of benzene rings is 2. The average Bonchev–Trinajstić information content (AvgIpc) is 3.26. The molecule has 0 spiro atoms. The Labute approximate surface area is 220 Å². The van der Waals surface area contributed by atoms with E-state index < -0.39 is 0 Å². The van der Waals surface area contributed by atoms with Crippen LogP contribution in [0.15, 0.2) is 53.5 Å². The lowest BCUT2D eigenvalue weighted by molar-refractivity contribution is -0.131. The lowest BCUT2D eigenvalue weighted by Crippen LogP contribution is -2.38. The maximum Gasteiger partial charge on any atom is 0.253 e. The van der Waals surface area contributed by atoms with Crippen LogP contribution in [0.5, 0.6) is 0 Å². The minimum Gasteiger partial charge on any atom is -0.357 e. The van der Waals surface area contributed by atoms with Crippen molar-refractivity contribution >= 4 is 41.8 Å². The summed E-state index contributed by atoms with van der Waals surface area (Å²) in [5, 5.41) is 6.60. The molecule has 0 bridgehead atoms. The Balaban J connectivity index is 0.00000408. The molecule has 34 heavy (non-hydrogen) atoms. The van der Waals surface area contributed by atoms with Crippen molar-refractivity contribution in [2.24, 2.45) is 4.99 Å². The number of aliphatic imine (C=N–C) groups is 1. The molecular weight excluding hydrogens is 541 g/mol. The Morgan fingerprint density at radius 1 is 1.03 bits per heavy atom. The standard InChI is InChI=1S/C26H35N5O2.HI/c1-4-27-26(29-16-14-20-9-7-12-21(17-20)25(33)30(2)3)28-15-8-13-24(32)31-18-22-10-5-6-11-23(22)19-31;/h5-7,9-12,17H,4,8,13-16,18-19H2,1-3H3,(H2,27,28,29);1H. The molecule has 1 heterocycles. The number of nitrogens with one attached hydrogen (secondary N) is 2. The van der Waals surface area contributed by atoms with Gasteiger partial charge >= 0.3 is 0 Å². The van der Waals surface area contributed by atoms with E-state index in [2.05, 4.69) is 27.8 Å². The van der Waals surface area contributed by atoms with Crippen LogP contribution < -0.4 is 10.6 Å². The maximum absolute atomic E-state index is 12.5. The molecule has 7 nitrogen and oxygen atoms in total. The number of nitrogens with zero attached hydrogens (tertiary/aromatic N) is 3. The van der Waals surface area contributed by atoms with Gasteiger partial charge in [-0.1, -0.05) is 36.4 Å². The molecule has 184 valence electrons. The highest BCUT2D eigenvalue weighted by Crippen LogP contribution is 2.22. The predicted octanol–water partition coefficient (Wildman–Crippen LogP) is 3.43. The van der Waals surface area contributed by atoms with Crippen molar-refractivity contribution in [2.45, 2.75) is 39.3 Å². The highest BCUT2D eigenvalue weighted by Gasteiger charge is 2.22. The molecule has 1 aliphatic rings. The Morgan fingerprint density at radius 2 is 1.74 bits per heavy atom. The third kappa shape index (κ3) is 8.00. The van der Waals surface area contributed by atoms with Gasteiger partial charge in [-0.3, -0.25) is 14.6 Å². The molecule has 0 unspecified atom stereocenters. The first-order chi connectivity index (χ1) is 16.0. The Hall–Kier alpha value is -2.62. The smallest absolute Gasteiger partial charge is 0.253 e. The summed E-state index contributed by atoms with van der Waals surface area (Å²) < 4.78 is 0. The van der Waals surface area contributed by atoms with Gasteiger partial charge in [0.25, 0.3) is 5.91 Å². The second-order valence-electron chi connectivity index (χ2n) is 8.46. The quantitative estimate of drug-likeness (QED) is 0.207. The second-order valence-corrected chi connectivity index (χ2v) is 8.46.